The predicted molar refractivity (Wildman–Crippen MR) is 66.3 cm³/mol. The largest absolute Gasteiger partial charge is 0.486 e. The molecule has 0 spiro atoms. The van der Waals surface area contributed by atoms with Gasteiger partial charge in [-0.15, -0.1) is 0 Å². The van der Waals surface area contributed by atoms with Gasteiger partial charge in [-0.1, -0.05) is 12.1 Å². The summed E-state index contributed by atoms with van der Waals surface area (Å²) in [6.45, 7) is 1.79. The first kappa shape index (κ1) is 12.4. The van der Waals surface area contributed by atoms with Crippen molar-refractivity contribution in [1.29, 1.82) is 0 Å². The Balaban J connectivity index is 2.13. The monoisotopic (exact) mass is 249 g/mol. The van der Waals surface area contributed by atoms with Gasteiger partial charge in [-0.25, -0.2) is 8.78 Å². The fourth-order valence-electron chi connectivity index (χ4n) is 1.56. The quantitative estimate of drug-likeness (QED) is 0.846. The Morgan fingerprint density at radius 2 is 1.83 bits per heavy atom. The first-order chi connectivity index (χ1) is 8.56. The number of rotatable bonds is 3. The van der Waals surface area contributed by atoms with E-state index in [9.17, 15) is 8.78 Å². The van der Waals surface area contributed by atoms with E-state index in [1.54, 1.807) is 18.2 Å². The van der Waals surface area contributed by atoms with Crippen LogP contribution in [0.15, 0.2) is 36.4 Å². The highest BCUT2D eigenvalue weighted by Gasteiger charge is 2.07. The van der Waals surface area contributed by atoms with Crippen molar-refractivity contribution in [3.05, 3.63) is 59.2 Å². The highest BCUT2D eigenvalue weighted by Crippen LogP contribution is 2.20. The Morgan fingerprint density at radius 3 is 2.56 bits per heavy atom. The third-order valence-corrected chi connectivity index (χ3v) is 2.55. The van der Waals surface area contributed by atoms with Crippen LogP contribution in [0.25, 0.3) is 0 Å². The van der Waals surface area contributed by atoms with Crippen LogP contribution in [0.2, 0.25) is 0 Å². The molecule has 2 N–H and O–H groups in total. The average Bonchev–Trinajstić information content (AvgIpc) is 2.32. The molecule has 94 valence electrons. The first-order valence-electron chi connectivity index (χ1n) is 5.49. The maximum absolute atomic E-state index is 13.5. The number of ether oxygens (including phenoxy) is 1. The Morgan fingerprint density at radius 1 is 1.06 bits per heavy atom. The van der Waals surface area contributed by atoms with Gasteiger partial charge < -0.3 is 10.5 Å². The summed E-state index contributed by atoms with van der Waals surface area (Å²) in [6.07, 6.45) is 0. The van der Waals surface area contributed by atoms with Crippen molar-refractivity contribution in [3.8, 4) is 5.75 Å². The molecule has 0 atom stereocenters. The van der Waals surface area contributed by atoms with E-state index in [2.05, 4.69) is 0 Å². The SMILES string of the molecule is Cc1ccc(F)c(OCc2ccc(N)cc2F)c1. The lowest BCUT2D eigenvalue weighted by atomic mass is 10.2. The zero-order valence-electron chi connectivity index (χ0n) is 9.91. The minimum Gasteiger partial charge on any atom is -0.486 e. The second-order valence-electron chi connectivity index (χ2n) is 4.07. The number of nitrogen functional groups attached to an aromatic ring is 1. The van der Waals surface area contributed by atoms with Crippen molar-refractivity contribution in [2.75, 3.05) is 5.73 Å². The molecule has 2 nitrogen and oxygen atoms in total. The van der Waals surface area contributed by atoms with E-state index >= 15 is 0 Å². The molecule has 18 heavy (non-hydrogen) atoms. The van der Waals surface area contributed by atoms with Gasteiger partial charge >= 0.3 is 0 Å². The topological polar surface area (TPSA) is 35.2 Å². The van der Waals surface area contributed by atoms with E-state index in [0.29, 0.717) is 11.3 Å². The molecule has 0 aliphatic rings. The molecular weight excluding hydrogens is 236 g/mol. The van der Waals surface area contributed by atoms with Gasteiger partial charge in [0.25, 0.3) is 0 Å². The average molecular weight is 249 g/mol. The highest BCUT2D eigenvalue weighted by molar-refractivity contribution is 5.40. The lowest BCUT2D eigenvalue weighted by Crippen LogP contribution is -2.01. The van der Waals surface area contributed by atoms with E-state index in [-0.39, 0.29) is 12.4 Å². The Kier molecular flexibility index (Phi) is 3.46. The van der Waals surface area contributed by atoms with Crippen LogP contribution in [0.5, 0.6) is 5.75 Å². The third-order valence-electron chi connectivity index (χ3n) is 2.55. The van der Waals surface area contributed by atoms with Crippen molar-refractivity contribution >= 4 is 5.69 Å². The highest BCUT2D eigenvalue weighted by atomic mass is 19.1. The summed E-state index contributed by atoms with van der Waals surface area (Å²) < 4.78 is 32.1. The minimum atomic E-state index is -0.462. The summed E-state index contributed by atoms with van der Waals surface area (Å²) in [5.41, 5.74) is 7.00. The van der Waals surface area contributed by atoms with Gasteiger partial charge in [-0.05, 0) is 36.8 Å². The van der Waals surface area contributed by atoms with Gasteiger partial charge in [0.05, 0.1) is 0 Å². The molecule has 0 amide bonds. The zero-order valence-corrected chi connectivity index (χ0v) is 9.91. The van der Waals surface area contributed by atoms with Gasteiger partial charge in [0.15, 0.2) is 11.6 Å². The molecule has 2 aromatic carbocycles. The summed E-state index contributed by atoms with van der Waals surface area (Å²) in [5.74, 6) is -0.800. The summed E-state index contributed by atoms with van der Waals surface area (Å²) in [4.78, 5) is 0. The van der Waals surface area contributed by atoms with Gasteiger partial charge in [0.1, 0.15) is 12.4 Å². The Bertz CT molecular complexity index is 570. The number of aryl methyl sites for hydroxylation is 1. The third kappa shape index (κ3) is 2.77. The standard InChI is InChI=1S/C14H13F2NO/c1-9-2-5-12(15)14(6-9)18-8-10-3-4-11(17)7-13(10)16/h2-7H,8,17H2,1H3. The molecule has 0 unspecified atom stereocenters. The van der Waals surface area contributed by atoms with Crippen LogP contribution in [0, 0.1) is 18.6 Å². The van der Waals surface area contributed by atoms with E-state index in [0.717, 1.165) is 5.56 Å². The molecule has 0 fully saturated rings. The van der Waals surface area contributed by atoms with E-state index in [4.69, 9.17) is 10.5 Å². The number of hydrogen-bond acceptors (Lipinski definition) is 2. The van der Waals surface area contributed by atoms with Crippen molar-refractivity contribution in [1.82, 2.24) is 0 Å². The lowest BCUT2D eigenvalue weighted by Gasteiger charge is -2.09. The van der Waals surface area contributed by atoms with Crippen molar-refractivity contribution in [2.45, 2.75) is 13.5 Å². The van der Waals surface area contributed by atoms with Crippen molar-refractivity contribution < 1.29 is 13.5 Å². The maximum Gasteiger partial charge on any atom is 0.165 e. The second kappa shape index (κ2) is 5.04. The molecule has 4 heteroatoms. The summed E-state index contributed by atoms with van der Waals surface area (Å²) in [5, 5.41) is 0. The summed E-state index contributed by atoms with van der Waals surface area (Å²) in [7, 11) is 0. The number of anilines is 1. The summed E-state index contributed by atoms with van der Waals surface area (Å²) in [6, 6.07) is 8.86. The number of hydrogen-bond donors (Lipinski definition) is 1. The molecule has 0 heterocycles. The van der Waals surface area contributed by atoms with Crippen LogP contribution in [0.1, 0.15) is 11.1 Å². The lowest BCUT2D eigenvalue weighted by molar-refractivity contribution is 0.284. The zero-order chi connectivity index (χ0) is 13.1. The van der Waals surface area contributed by atoms with Gasteiger partial charge in [-0.3, -0.25) is 0 Å². The van der Waals surface area contributed by atoms with E-state index in [1.165, 1.54) is 18.2 Å². The van der Waals surface area contributed by atoms with Crippen molar-refractivity contribution in [2.24, 2.45) is 0 Å². The molecule has 0 saturated carbocycles. The fourth-order valence-corrected chi connectivity index (χ4v) is 1.56. The Hall–Kier alpha value is -2.10. The van der Waals surface area contributed by atoms with Gasteiger partial charge in [0, 0.05) is 11.3 Å². The number of nitrogens with two attached hydrogens (primary N) is 1. The van der Waals surface area contributed by atoms with E-state index < -0.39 is 11.6 Å². The maximum atomic E-state index is 13.5. The molecular formula is C14H13F2NO. The minimum absolute atomic E-state index is 0.0352. The Labute approximate surface area is 104 Å². The molecule has 0 saturated heterocycles. The number of benzene rings is 2. The molecule has 2 rings (SSSR count). The molecule has 0 bridgehead atoms. The van der Waals surface area contributed by atoms with Gasteiger partial charge in [-0.2, -0.15) is 0 Å². The molecule has 0 aliphatic carbocycles. The van der Waals surface area contributed by atoms with Crippen LogP contribution in [0.4, 0.5) is 14.5 Å². The van der Waals surface area contributed by atoms with Crippen LogP contribution in [-0.4, -0.2) is 0 Å². The van der Waals surface area contributed by atoms with Gasteiger partial charge in [0.2, 0.25) is 0 Å². The molecule has 0 aromatic heterocycles. The fraction of sp³-hybridized carbons (Fsp3) is 0.143. The molecule has 0 radical (unpaired) electrons. The smallest absolute Gasteiger partial charge is 0.165 e. The van der Waals surface area contributed by atoms with Crippen LogP contribution in [-0.2, 0) is 6.61 Å². The second-order valence-corrected chi connectivity index (χ2v) is 4.07. The first-order valence-corrected chi connectivity index (χ1v) is 5.49. The van der Waals surface area contributed by atoms with E-state index in [1.807, 2.05) is 6.92 Å². The van der Waals surface area contributed by atoms with Crippen LogP contribution >= 0.6 is 0 Å². The van der Waals surface area contributed by atoms with Crippen LogP contribution in [0.3, 0.4) is 0 Å². The molecule has 2 aromatic rings. The number of halogens is 2. The predicted octanol–water partition coefficient (Wildman–Crippen LogP) is 3.43. The van der Waals surface area contributed by atoms with Crippen LogP contribution < -0.4 is 10.5 Å². The van der Waals surface area contributed by atoms with Crippen molar-refractivity contribution in [3.63, 3.8) is 0 Å². The summed E-state index contributed by atoms with van der Waals surface area (Å²) >= 11 is 0. The normalized spacial score (nSPS) is 10.4. The molecule has 0 aliphatic heterocycles.